The molecule has 2 nitrogen and oxygen atoms in total. The molecule has 0 aromatic carbocycles. The highest BCUT2D eigenvalue weighted by Crippen LogP contribution is 2.34. The van der Waals surface area contributed by atoms with Gasteiger partial charge in [0.15, 0.2) is 0 Å². The highest BCUT2D eigenvalue weighted by molar-refractivity contribution is 5.83. The Morgan fingerprint density at radius 3 is 2.54 bits per heavy atom. The van der Waals surface area contributed by atoms with Crippen molar-refractivity contribution in [3.63, 3.8) is 0 Å². The van der Waals surface area contributed by atoms with E-state index in [9.17, 15) is 4.79 Å². The average molecular weight is 328 g/mol. The lowest BCUT2D eigenvalue weighted by molar-refractivity contribution is -0.137. The summed E-state index contributed by atoms with van der Waals surface area (Å²) in [5.74, 6) is 0.293. The van der Waals surface area contributed by atoms with Crippen LogP contribution in [0.2, 0.25) is 0 Å². The van der Waals surface area contributed by atoms with Gasteiger partial charge in [-0.1, -0.05) is 49.3 Å². The van der Waals surface area contributed by atoms with Gasteiger partial charge in [-0.2, -0.15) is 0 Å². The molecule has 1 rings (SSSR count). The third-order valence-corrected chi connectivity index (χ3v) is 4.13. The SMILES string of the molecule is CCOC(=O)\C=C(C)/C=C/C=C(C)\C=C1/CCCC(C)=C1C(C)C. The predicted molar refractivity (Wildman–Crippen MR) is 103 cm³/mol. The van der Waals surface area contributed by atoms with Gasteiger partial charge in [0.1, 0.15) is 0 Å². The van der Waals surface area contributed by atoms with Crippen molar-refractivity contribution in [3.8, 4) is 0 Å². The molecule has 24 heavy (non-hydrogen) atoms. The summed E-state index contributed by atoms with van der Waals surface area (Å²) in [6, 6.07) is 0. The molecule has 1 aliphatic carbocycles. The van der Waals surface area contributed by atoms with E-state index in [1.807, 2.05) is 26.0 Å². The van der Waals surface area contributed by atoms with Crippen LogP contribution in [0.15, 0.2) is 58.2 Å². The van der Waals surface area contributed by atoms with Crippen LogP contribution in [-0.2, 0) is 9.53 Å². The lowest BCUT2D eigenvalue weighted by Gasteiger charge is -2.24. The monoisotopic (exact) mass is 328 g/mol. The third-order valence-electron chi connectivity index (χ3n) is 4.13. The van der Waals surface area contributed by atoms with Crippen molar-refractivity contribution in [2.24, 2.45) is 5.92 Å². The molecule has 0 aromatic rings. The molecule has 0 radical (unpaired) electrons. The summed E-state index contributed by atoms with van der Waals surface area (Å²) in [7, 11) is 0. The Kier molecular flexibility index (Phi) is 8.53. The Balaban J connectivity index is 2.84. The molecule has 0 fully saturated rings. The molecule has 0 spiro atoms. The van der Waals surface area contributed by atoms with E-state index in [1.54, 1.807) is 5.57 Å². The van der Waals surface area contributed by atoms with E-state index in [2.05, 4.69) is 39.8 Å². The largest absolute Gasteiger partial charge is 0.463 e. The first-order chi connectivity index (χ1) is 11.3. The van der Waals surface area contributed by atoms with Crippen LogP contribution in [0, 0.1) is 5.92 Å². The number of carbonyl (C=O) groups excluding carboxylic acids is 1. The summed E-state index contributed by atoms with van der Waals surface area (Å²) >= 11 is 0. The summed E-state index contributed by atoms with van der Waals surface area (Å²) in [6.45, 7) is 13.1. The highest BCUT2D eigenvalue weighted by Gasteiger charge is 2.17. The summed E-state index contributed by atoms with van der Waals surface area (Å²) in [5, 5.41) is 0. The fourth-order valence-electron chi connectivity index (χ4n) is 3.19. The van der Waals surface area contributed by atoms with Crippen molar-refractivity contribution in [1.29, 1.82) is 0 Å². The minimum Gasteiger partial charge on any atom is -0.463 e. The van der Waals surface area contributed by atoms with Gasteiger partial charge in [-0.3, -0.25) is 0 Å². The maximum Gasteiger partial charge on any atom is 0.330 e. The van der Waals surface area contributed by atoms with Crippen molar-refractivity contribution >= 4 is 5.97 Å². The third kappa shape index (κ3) is 6.74. The van der Waals surface area contributed by atoms with Gasteiger partial charge in [-0.05, 0) is 69.6 Å². The first-order valence-corrected chi connectivity index (χ1v) is 8.95. The lowest BCUT2D eigenvalue weighted by atomic mass is 9.81. The van der Waals surface area contributed by atoms with Crippen LogP contribution in [0.25, 0.3) is 0 Å². The molecule has 0 bridgehead atoms. The molecule has 0 aliphatic heterocycles. The number of allylic oxidation sites excluding steroid dienone is 9. The molecule has 0 aromatic heterocycles. The maximum atomic E-state index is 11.4. The number of carbonyl (C=O) groups is 1. The predicted octanol–water partition coefficient (Wildman–Crippen LogP) is 6.08. The zero-order valence-electron chi connectivity index (χ0n) is 16.1. The fraction of sp³-hybridized carbons (Fsp3) is 0.500. The summed E-state index contributed by atoms with van der Waals surface area (Å²) in [6.07, 6.45) is 13.5. The minimum absolute atomic E-state index is 0.285. The van der Waals surface area contributed by atoms with Crippen molar-refractivity contribution < 1.29 is 9.53 Å². The van der Waals surface area contributed by atoms with Crippen LogP contribution >= 0.6 is 0 Å². The Morgan fingerprint density at radius 2 is 1.92 bits per heavy atom. The molecular formula is C22H32O2. The maximum absolute atomic E-state index is 11.4. The number of hydrogen-bond acceptors (Lipinski definition) is 2. The van der Waals surface area contributed by atoms with Gasteiger partial charge < -0.3 is 4.74 Å². The zero-order valence-corrected chi connectivity index (χ0v) is 16.1. The van der Waals surface area contributed by atoms with Gasteiger partial charge in [0.2, 0.25) is 0 Å². The Hall–Kier alpha value is -1.83. The number of hydrogen-bond donors (Lipinski definition) is 0. The van der Waals surface area contributed by atoms with Crippen LogP contribution in [0.5, 0.6) is 0 Å². The quantitative estimate of drug-likeness (QED) is 0.335. The van der Waals surface area contributed by atoms with E-state index in [4.69, 9.17) is 4.74 Å². The average Bonchev–Trinajstić information content (AvgIpc) is 2.46. The van der Waals surface area contributed by atoms with E-state index in [0.717, 1.165) is 5.57 Å². The minimum atomic E-state index is -0.285. The first-order valence-electron chi connectivity index (χ1n) is 8.95. The van der Waals surface area contributed by atoms with Crippen molar-refractivity contribution in [2.75, 3.05) is 6.61 Å². The molecule has 0 atom stereocenters. The van der Waals surface area contributed by atoms with Gasteiger partial charge in [0.05, 0.1) is 6.61 Å². The molecule has 0 heterocycles. The van der Waals surface area contributed by atoms with Gasteiger partial charge in [0, 0.05) is 6.08 Å². The van der Waals surface area contributed by atoms with E-state index in [0.29, 0.717) is 12.5 Å². The summed E-state index contributed by atoms with van der Waals surface area (Å²) in [4.78, 5) is 11.4. The molecule has 0 amide bonds. The zero-order chi connectivity index (χ0) is 18.1. The van der Waals surface area contributed by atoms with Gasteiger partial charge in [-0.25, -0.2) is 4.79 Å². The second-order valence-corrected chi connectivity index (χ2v) is 6.78. The van der Waals surface area contributed by atoms with Crippen molar-refractivity contribution in [1.82, 2.24) is 0 Å². The molecule has 1 aliphatic rings. The molecule has 0 saturated heterocycles. The number of ether oxygens (including phenoxy) is 1. The van der Waals surface area contributed by atoms with E-state index in [-0.39, 0.29) is 5.97 Å². The second kappa shape index (κ2) is 10.1. The smallest absolute Gasteiger partial charge is 0.330 e. The van der Waals surface area contributed by atoms with Gasteiger partial charge in [-0.15, -0.1) is 0 Å². The molecule has 132 valence electrons. The van der Waals surface area contributed by atoms with E-state index < -0.39 is 0 Å². The summed E-state index contributed by atoms with van der Waals surface area (Å²) < 4.78 is 4.91. The highest BCUT2D eigenvalue weighted by atomic mass is 16.5. The Labute approximate surface area is 147 Å². The van der Waals surface area contributed by atoms with Crippen LogP contribution in [0.4, 0.5) is 0 Å². The molecular weight excluding hydrogens is 296 g/mol. The van der Waals surface area contributed by atoms with Crippen LogP contribution in [0.1, 0.15) is 60.8 Å². The first kappa shape index (κ1) is 20.2. The number of rotatable bonds is 6. The second-order valence-electron chi connectivity index (χ2n) is 6.78. The Morgan fingerprint density at radius 1 is 1.21 bits per heavy atom. The standard InChI is InChI=1S/C22H32O2/c1-7-24-21(23)15-18(5)11-8-10-17(4)14-20-13-9-12-19(6)22(20)16(2)3/h8,10-11,14-16H,7,9,12-13H2,1-6H3/b11-8+,17-10-,18-15-,20-14+. The van der Waals surface area contributed by atoms with Crippen LogP contribution < -0.4 is 0 Å². The van der Waals surface area contributed by atoms with Gasteiger partial charge >= 0.3 is 5.97 Å². The Bertz CT molecular complexity index is 595. The molecule has 0 N–H and O–H groups in total. The topological polar surface area (TPSA) is 26.3 Å². The fourth-order valence-corrected chi connectivity index (χ4v) is 3.19. The molecule has 2 heteroatoms. The molecule has 0 unspecified atom stereocenters. The van der Waals surface area contributed by atoms with E-state index in [1.165, 1.54) is 42.1 Å². The number of esters is 1. The van der Waals surface area contributed by atoms with Crippen molar-refractivity contribution in [2.45, 2.75) is 60.8 Å². The van der Waals surface area contributed by atoms with Gasteiger partial charge in [0.25, 0.3) is 0 Å². The summed E-state index contributed by atoms with van der Waals surface area (Å²) in [5.41, 5.74) is 6.68. The molecule has 0 saturated carbocycles. The van der Waals surface area contributed by atoms with Crippen LogP contribution in [0.3, 0.4) is 0 Å². The lowest BCUT2D eigenvalue weighted by Crippen LogP contribution is -2.07. The van der Waals surface area contributed by atoms with E-state index >= 15 is 0 Å². The van der Waals surface area contributed by atoms with Crippen molar-refractivity contribution in [3.05, 3.63) is 58.2 Å². The normalized spacial score (nSPS) is 18.9. The van der Waals surface area contributed by atoms with Crippen LogP contribution in [-0.4, -0.2) is 12.6 Å².